The van der Waals surface area contributed by atoms with Crippen LogP contribution in [0.15, 0.2) is 24.3 Å². The van der Waals surface area contributed by atoms with E-state index < -0.39 is 0 Å². The van der Waals surface area contributed by atoms with Crippen molar-refractivity contribution >= 4 is 33.2 Å². The van der Waals surface area contributed by atoms with Gasteiger partial charge in [-0.2, -0.15) is 4.52 Å². The van der Waals surface area contributed by atoms with E-state index in [0.29, 0.717) is 0 Å². The molecule has 1 atom stereocenters. The van der Waals surface area contributed by atoms with Crippen molar-refractivity contribution in [1.29, 1.82) is 0 Å². The summed E-state index contributed by atoms with van der Waals surface area (Å²) in [6.07, 6.45) is 0.907. The summed E-state index contributed by atoms with van der Waals surface area (Å²) in [4.78, 5) is 19.8. The summed E-state index contributed by atoms with van der Waals surface area (Å²) in [6, 6.07) is 8.52. The minimum atomic E-state index is -0.152. The number of hydrogen-bond donors (Lipinski definition) is 2. The average molecular weight is 429 g/mol. The number of imidazole rings is 1. The van der Waals surface area contributed by atoms with Crippen molar-refractivity contribution in [2.45, 2.75) is 59.5 Å². The molecule has 0 fully saturated rings. The lowest BCUT2D eigenvalue weighted by Gasteiger charge is -2.22. The Bertz CT molecular complexity index is 1010. The van der Waals surface area contributed by atoms with Gasteiger partial charge in [0.15, 0.2) is 5.82 Å². The van der Waals surface area contributed by atoms with Crippen LogP contribution in [0.2, 0.25) is 0 Å². The molecule has 2 N–H and O–H groups in total. The summed E-state index contributed by atoms with van der Waals surface area (Å²) in [5.74, 6) is 0.856. The molecule has 0 aliphatic carbocycles. The number of hydrogen-bond acceptors (Lipinski definition) is 6. The van der Waals surface area contributed by atoms with Crippen LogP contribution >= 0.6 is 11.3 Å². The number of carbonyl (C=O) groups excluding carboxylic acids is 1. The molecule has 7 nitrogen and oxygen atoms in total. The maximum Gasteiger partial charge on any atom is 0.239 e. The Morgan fingerprint density at radius 3 is 2.53 bits per heavy atom. The average Bonchev–Trinajstić information content (AvgIpc) is 3.20. The fraction of sp³-hybridized carbons (Fsp3) is 0.500. The molecule has 0 spiro atoms. The Labute approximate surface area is 182 Å². The van der Waals surface area contributed by atoms with Crippen LogP contribution in [0.5, 0.6) is 0 Å². The third-order valence-electron chi connectivity index (χ3n) is 4.74. The highest BCUT2D eigenvalue weighted by Crippen LogP contribution is 2.34. The second-order valence-corrected chi connectivity index (χ2v) is 9.80. The number of rotatable bonds is 7. The molecule has 2 aromatic heterocycles. The predicted molar refractivity (Wildman–Crippen MR) is 126 cm³/mol. The predicted octanol–water partition coefficient (Wildman–Crippen LogP) is 4.33. The van der Waals surface area contributed by atoms with Gasteiger partial charge in [-0.25, -0.2) is 4.98 Å². The summed E-state index contributed by atoms with van der Waals surface area (Å²) in [5, 5.41) is 12.1. The summed E-state index contributed by atoms with van der Waals surface area (Å²) in [7, 11) is 1.88. The van der Waals surface area contributed by atoms with Crippen molar-refractivity contribution in [3.8, 4) is 11.3 Å². The van der Waals surface area contributed by atoms with E-state index in [0.717, 1.165) is 33.6 Å². The first-order valence-electron chi connectivity index (χ1n) is 10.3. The quantitative estimate of drug-likeness (QED) is 0.586. The number of aromatic nitrogens is 3. The van der Waals surface area contributed by atoms with E-state index in [9.17, 15) is 4.79 Å². The van der Waals surface area contributed by atoms with Crippen LogP contribution in [0.1, 0.15) is 46.6 Å². The Hall–Kier alpha value is -2.61. The Morgan fingerprint density at radius 1 is 1.27 bits per heavy atom. The molecule has 0 bridgehead atoms. The van der Waals surface area contributed by atoms with Crippen molar-refractivity contribution in [2.24, 2.45) is 0 Å². The summed E-state index contributed by atoms with van der Waals surface area (Å²) < 4.78 is 1.85. The SMILES string of the molecule is CC[C@H](C)NC(=O)CN(C)c1nn2c(NC(C)(C)C)c(-c3ccc(C)cc3)nc2s1. The number of fused-ring (bicyclic) bond motifs is 1. The largest absolute Gasteiger partial charge is 0.364 e. The highest BCUT2D eigenvalue weighted by molar-refractivity contribution is 7.20. The second-order valence-electron chi connectivity index (χ2n) is 8.86. The van der Waals surface area contributed by atoms with Crippen molar-refractivity contribution in [3.05, 3.63) is 29.8 Å². The number of amides is 1. The van der Waals surface area contributed by atoms with Crippen LogP contribution in [0.4, 0.5) is 10.9 Å². The zero-order chi connectivity index (χ0) is 22.1. The van der Waals surface area contributed by atoms with Gasteiger partial charge in [-0.3, -0.25) is 4.79 Å². The number of nitrogens with one attached hydrogen (secondary N) is 2. The van der Waals surface area contributed by atoms with Gasteiger partial charge in [0.05, 0.1) is 6.54 Å². The van der Waals surface area contributed by atoms with Gasteiger partial charge in [0.2, 0.25) is 16.0 Å². The van der Waals surface area contributed by atoms with Gasteiger partial charge in [-0.05, 0) is 41.0 Å². The molecule has 30 heavy (non-hydrogen) atoms. The van der Waals surface area contributed by atoms with E-state index in [1.165, 1.54) is 16.9 Å². The molecule has 8 heteroatoms. The van der Waals surface area contributed by atoms with Crippen molar-refractivity contribution in [3.63, 3.8) is 0 Å². The molecule has 162 valence electrons. The minimum Gasteiger partial charge on any atom is -0.364 e. The van der Waals surface area contributed by atoms with Gasteiger partial charge in [-0.1, -0.05) is 48.1 Å². The lowest BCUT2D eigenvalue weighted by atomic mass is 10.1. The first-order valence-corrected chi connectivity index (χ1v) is 11.1. The van der Waals surface area contributed by atoms with E-state index in [2.05, 4.69) is 69.5 Å². The van der Waals surface area contributed by atoms with Gasteiger partial charge in [0.25, 0.3) is 0 Å². The van der Waals surface area contributed by atoms with E-state index in [4.69, 9.17) is 10.1 Å². The molecule has 0 radical (unpaired) electrons. The molecule has 1 amide bonds. The van der Waals surface area contributed by atoms with E-state index in [1.807, 2.05) is 23.4 Å². The maximum absolute atomic E-state index is 12.3. The molecule has 3 aromatic rings. The van der Waals surface area contributed by atoms with Gasteiger partial charge in [-0.15, -0.1) is 5.10 Å². The molecule has 0 unspecified atom stereocenters. The normalized spacial score (nSPS) is 12.8. The van der Waals surface area contributed by atoms with E-state index in [1.54, 1.807) is 0 Å². The van der Waals surface area contributed by atoms with Crippen molar-refractivity contribution in [2.75, 3.05) is 23.8 Å². The van der Waals surface area contributed by atoms with Crippen LogP contribution in [0.25, 0.3) is 16.2 Å². The van der Waals surface area contributed by atoms with E-state index in [-0.39, 0.29) is 24.0 Å². The van der Waals surface area contributed by atoms with Crippen LogP contribution in [0.3, 0.4) is 0 Å². The lowest BCUT2D eigenvalue weighted by molar-refractivity contribution is -0.120. The third kappa shape index (κ3) is 5.11. The zero-order valence-electron chi connectivity index (χ0n) is 18.9. The fourth-order valence-corrected chi connectivity index (χ4v) is 3.84. The summed E-state index contributed by atoms with van der Waals surface area (Å²) >= 11 is 1.48. The molecule has 3 rings (SSSR count). The number of anilines is 2. The van der Waals surface area contributed by atoms with Gasteiger partial charge >= 0.3 is 0 Å². The summed E-state index contributed by atoms with van der Waals surface area (Å²) in [5.41, 5.74) is 2.99. The topological polar surface area (TPSA) is 74.6 Å². The van der Waals surface area contributed by atoms with Crippen LogP contribution in [-0.2, 0) is 4.79 Å². The molecule has 0 saturated heterocycles. The zero-order valence-corrected chi connectivity index (χ0v) is 19.7. The molecule has 0 saturated carbocycles. The molecule has 2 heterocycles. The Morgan fingerprint density at radius 2 is 1.93 bits per heavy atom. The smallest absolute Gasteiger partial charge is 0.239 e. The molecular weight excluding hydrogens is 396 g/mol. The monoisotopic (exact) mass is 428 g/mol. The Kier molecular flexibility index (Phi) is 6.36. The van der Waals surface area contributed by atoms with Crippen molar-refractivity contribution < 1.29 is 4.79 Å². The third-order valence-corrected chi connectivity index (χ3v) is 5.76. The van der Waals surface area contributed by atoms with E-state index >= 15 is 0 Å². The standard InChI is InChI=1S/C22H32N6OS/c1-8-15(3)23-17(29)13-27(7)21-26-28-19(25-22(4,5)6)18(24-20(28)30-21)16-11-9-14(2)10-12-16/h9-12,15,25H,8,13H2,1-7H3,(H,23,29)/t15-/m0/s1. The number of carbonyl (C=O) groups is 1. The summed E-state index contributed by atoms with van der Waals surface area (Å²) in [6.45, 7) is 12.7. The van der Waals surface area contributed by atoms with Crippen LogP contribution in [-0.4, -0.2) is 45.7 Å². The maximum atomic E-state index is 12.3. The van der Waals surface area contributed by atoms with Gasteiger partial charge < -0.3 is 15.5 Å². The lowest BCUT2D eigenvalue weighted by Crippen LogP contribution is -2.39. The van der Waals surface area contributed by atoms with Gasteiger partial charge in [0, 0.05) is 24.2 Å². The Balaban J connectivity index is 1.93. The molecular formula is C22H32N6OS. The number of nitrogens with zero attached hydrogens (tertiary/aromatic N) is 4. The highest BCUT2D eigenvalue weighted by Gasteiger charge is 2.23. The van der Waals surface area contributed by atoms with Crippen LogP contribution in [0, 0.1) is 6.92 Å². The number of benzene rings is 1. The molecule has 1 aromatic carbocycles. The van der Waals surface area contributed by atoms with Crippen LogP contribution < -0.4 is 15.5 Å². The minimum absolute atomic E-state index is 0.00641. The van der Waals surface area contributed by atoms with Gasteiger partial charge in [0.1, 0.15) is 5.69 Å². The number of likely N-dealkylation sites (N-methyl/N-ethyl adjacent to an activating group) is 1. The molecule has 0 aliphatic rings. The fourth-order valence-electron chi connectivity index (χ4n) is 2.98. The highest BCUT2D eigenvalue weighted by atomic mass is 32.1. The first-order chi connectivity index (χ1) is 14.1. The number of aryl methyl sites for hydroxylation is 1. The molecule has 0 aliphatic heterocycles. The first kappa shape index (κ1) is 22.1. The second kappa shape index (κ2) is 8.63. The van der Waals surface area contributed by atoms with Crippen molar-refractivity contribution in [1.82, 2.24) is 19.9 Å².